The van der Waals surface area contributed by atoms with Crippen molar-refractivity contribution >= 4 is 11.6 Å². The first kappa shape index (κ1) is 22.0. The first-order chi connectivity index (χ1) is 15.0. The van der Waals surface area contributed by atoms with Crippen LogP contribution in [0.4, 0.5) is 4.39 Å². The predicted molar refractivity (Wildman–Crippen MR) is 127 cm³/mol. The minimum Gasteiger partial charge on any atom is -0.280 e. The number of rotatable bonds is 6. The van der Waals surface area contributed by atoms with Gasteiger partial charge in [0, 0.05) is 31.2 Å². The zero-order valence-electron chi connectivity index (χ0n) is 18.3. The Morgan fingerprint density at radius 2 is 1.58 bits per heavy atom. The number of hydrogen-bond acceptors (Lipinski definition) is 2. The average molecular weight is 437 g/mol. The Balaban J connectivity index is 1.67. The average Bonchev–Trinajstić information content (AvgIpc) is 2.78. The molecule has 4 rings (SSSR count). The lowest BCUT2D eigenvalue weighted by Gasteiger charge is -2.44. The third-order valence-electron chi connectivity index (χ3n) is 6.29. The molecule has 162 valence electrons. The highest BCUT2D eigenvalue weighted by atomic mass is 35.5. The summed E-state index contributed by atoms with van der Waals surface area (Å²) in [5, 5.41) is 0.496. The SMILES string of the molecule is CCc1ccc([C@H]2N(Cc3ccccc3C)CCCN2Cc2ccc(F)cc2Cl)cc1. The molecule has 1 aliphatic heterocycles. The van der Waals surface area contributed by atoms with Crippen LogP contribution >= 0.6 is 11.6 Å². The van der Waals surface area contributed by atoms with Crippen LogP contribution < -0.4 is 0 Å². The molecule has 1 fully saturated rings. The molecule has 3 aromatic carbocycles. The van der Waals surface area contributed by atoms with E-state index in [1.807, 2.05) is 6.07 Å². The van der Waals surface area contributed by atoms with Crippen molar-refractivity contribution in [1.82, 2.24) is 9.80 Å². The van der Waals surface area contributed by atoms with Gasteiger partial charge in [-0.2, -0.15) is 0 Å². The van der Waals surface area contributed by atoms with Gasteiger partial charge in [-0.3, -0.25) is 9.80 Å². The van der Waals surface area contributed by atoms with Crippen LogP contribution in [0, 0.1) is 12.7 Å². The fraction of sp³-hybridized carbons (Fsp3) is 0.333. The maximum Gasteiger partial charge on any atom is 0.124 e. The van der Waals surface area contributed by atoms with Crippen molar-refractivity contribution in [2.75, 3.05) is 13.1 Å². The van der Waals surface area contributed by atoms with Crippen LogP contribution in [-0.2, 0) is 19.5 Å². The van der Waals surface area contributed by atoms with Crippen molar-refractivity contribution in [2.24, 2.45) is 0 Å². The van der Waals surface area contributed by atoms with Crippen LogP contribution in [0.1, 0.15) is 47.3 Å². The maximum atomic E-state index is 13.6. The van der Waals surface area contributed by atoms with Crippen molar-refractivity contribution in [3.8, 4) is 0 Å². The van der Waals surface area contributed by atoms with Crippen molar-refractivity contribution in [3.05, 3.63) is 105 Å². The van der Waals surface area contributed by atoms with Gasteiger partial charge in [0.15, 0.2) is 0 Å². The summed E-state index contributed by atoms with van der Waals surface area (Å²) in [5.74, 6) is -0.291. The van der Waals surface area contributed by atoms with Gasteiger partial charge in [-0.1, -0.05) is 73.1 Å². The second-order valence-electron chi connectivity index (χ2n) is 8.43. The maximum absolute atomic E-state index is 13.6. The van der Waals surface area contributed by atoms with E-state index in [1.165, 1.54) is 34.4 Å². The van der Waals surface area contributed by atoms with Crippen molar-refractivity contribution in [3.63, 3.8) is 0 Å². The Morgan fingerprint density at radius 1 is 0.903 bits per heavy atom. The molecule has 0 saturated carbocycles. The summed E-state index contributed by atoms with van der Waals surface area (Å²) < 4.78 is 13.6. The minimum atomic E-state index is -0.291. The van der Waals surface area contributed by atoms with E-state index in [9.17, 15) is 4.39 Å². The van der Waals surface area contributed by atoms with E-state index >= 15 is 0 Å². The van der Waals surface area contributed by atoms with Gasteiger partial charge in [0.1, 0.15) is 5.82 Å². The van der Waals surface area contributed by atoms with E-state index in [2.05, 4.69) is 72.2 Å². The summed E-state index contributed by atoms with van der Waals surface area (Å²) in [6.07, 6.45) is 2.28. The zero-order valence-corrected chi connectivity index (χ0v) is 19.1. The normalized spacial score (nSPS) is 17.7. The molecule has 0 aromatic heterocycles. The molecule has 0 unspecified atom stereocenters. The molecule has 4 heteroatoms. The molecule has 1 atom stereocenters. The Kier molecular flexibility index (Phi) is 7.06. The molecular formula is C27H30ClFN2. The largest absolute Gasteiger partial charge is 0.280 e. The molecule has 0 radical (unpaired) electrons. The van der Waals surface area contributed by atoms with Crippen LogP contribution in [-0.4, -0.2) is 22.9 Å². The van der Waals surface area contributed by atoms with Gasteiger partial charge in [0.2, 0.25) is 0 Å². The topological polar surface area (TPSA) is 6.48 Å². The molecule has 0 amide bonds. The Hall–Kier alpha value is -2.20. The highest BCUT2D eigenvalue weighted by molar-refractivity contribution is 6.31. The quantitative estimate of drug-likeness (QED) is 0.421. The van der Waals surface area contributed by atoms with Gasteiger partial charge in [-0.15, -0.1) is 0 Å². The standard InChI is InChI=1S/C27H30ClFN2/c1-3-21-9-11-22(12-10-21)27-30(18-23-8-5-4-7-20(23)2)15-6-16-31(27)19-24-13-14-25(29)17-26(24)28/h4-5,7-14,17,27H,3,6,15-16,18-19H2,1-2H3/t27-/m0/s1. The van der Waals surface area contributed by atoms with Gasteiger partial charge in [0.05, 0.1) is 6.17 Å². The molecule has 31 heavy (non-hydrogen) atoms. The van der Waals surface area contributed by atoms with E-state index in [-0.39, 0.29) is 12.0 Å². The first-order valence-corrected chi connectivity index (χ1v) is 11.5. The van der Waals surface area contributed by atoms with Crippen LogP contribution in [0.25, 0.3) is 0 Å². The third kappa shape index (κ3) is 5.17. The lowest BCUT2D eigenvalue weighted by atomic mass is 10.0. The molecule has 3 aromatic rings. The number of aryl methyl sites for hydroxylation is 2. The van der Waals surface area contributed by atoms with Gasteiger partial charge in [0.25, 0.3) is 0 Å². The van der Waals surface area contributed by atoms with Crippen LogP contribution in [0.2, 0.25) is 5.02 Å². The van der Waals surface area contributed by atoms with E-state index in [0.29, 0.717) is 11.6 Å². The third-order valence-corrected chi connectivity index (χ3v) is 6.64. The minimum absolute atomic E-state index is 0.153. The highest BCUT2D eigenvalue weighted by Gasteiger charge is 2.31. The van der Waals surface area contributed by atoms with Crippen LogP contribution in [0.5, 0.6) is 0 Å². The lowest BCUT2D eigenvalue weighted by molar-refractivity contribution is -0.00918. The summed E-state index contributed by atoms with van der Waals surface area (Å²) >= 11 is 6.39. The molecule has 2 nitrogen and oxygen atoms in total. The van der Waals surface area contributed by atoms with Gasteiger partial charge in [-0.25, -0.2) is 4.39 Å². The van der Waals surface area contributed by atoms with Crippen molar-refractivity contribution in [2.45, 2.75) is 45.9 Å². The van der Waals surface area contributed by atoms with Gasteiger partial charge >= 0.3 is 0 Å². The number of halogens is 2. The summed E-state index contributed by atoms with van der Waals surface area (Å²) in [6, 6.07) is 22.3. The molecular weight excluding hydrogens is 407 g/mol. The molecule has 1 heterocycles. The Morgan fingerprint density at radius 3 is 2.23 bits per heavy atom. The van der Waals surface area contributed by atoms with Crippen LogP contribution in [0.3, 0.4) is 0 Å². The highest BCUT2D eigenvalue weighted by Crippen LogP contribution is 2.33. The van der Waals surface area contributed by atoms with Gasteiger partial charge < -0.3 is 0 Å². The van der Waals surface area contributed by atoms with E-state index < -0.39 is 0 Å². The molecule has 0 N–H and O–H groups in total. The smallest absolute Gasteiger partial charge is 0.124 e. The molecule has 0 bridgehead atoms. The molecule has 0 spiro atoms. The Labute approximate surface area is 190 Å². The molecule has 0 aliphatic carbocycles. The Bertz CT molecular complexity index is 1020. The van der Waals surface area contributed by atoms with Gasteiger partial charge in [-0.05, 0) is 59.7 Å². The summed E-state index contributed by atoms with van der Waals surface area (Å²) in [4.78, 5) is 5.03. The fourth-order valence-corrected chi connectivity index (χ4v) is 4.73. The first-order valence-electron chi connectivity index (χ1n) is 11.1. The molecule has 1 saturated heterocycles. The summed E-state index contributed by atoms with van der Waals surface area (Å²) in [6.45, 7) is 7.99. The zero-order chi connectivity index (χ0) is 21.8. The van der Waals surface area contributed by atoms with Crippen molar-refractivity contribution < 1.29 is 4.39 Å². The summed E-state index contributed by atoms with van der Waals surface area (Å²) in [7, 11) is 0. The second-order valence-corrected chi connectivity index (χ2v) is 8.83. The number of benzene rings is 3. The van der Waals surface area contributed by atoms with E-state index in [4.69, 9.17) is 11.6 Å². The monoisotopic (exact) mass is 436 g/mol. The van der Waals surface area contributed by atoms with E-state index in [1.54, 1.807) is 0 Å². The predicted octanol–water partition coefficient (Wildman–Crippen LogP) is 6.76. The van der Waals surface area contributed by atoms with Crippen LogP contribution in [0.15, 0.2) is 66.7 Å². The van der Waals surface area contributed by atoms with E-state index in [0.717, 1.165) is 38.0 Å². The lowest BCUT2D eigenvalue weighted by Crippen LogP contribution is -2.47. The molecule has 1 aliphatic rings. The number of hydrogen-bond donors (Lipinski definition) is 0. The van der Waals surface area contributed by atoms with Crippen molar-refractivity contribution in [1.29, 1.82) is 0 Å². The number of nitrogens with zero attached hydrogens (tertiary/aromatic N) is 2. The fourth-order valence-electron chi connectivity index (χ4n) is 4.51. The summed E-state index contributed by atoms with van der Waals surface area (Å²) in [5.41, 5.74) is 6.29. The second kappa shape index (κ2) is 9.95.